The summed E-state index contributed by atoms with van der Waals surface area (Å²) >= 11 is 10.4. The average molecular weight is 465 g/mol. The molecule has 0 aliphatic rings. The predicted molar refractivity (Wildman–Crippen MR) is 90.9 cm³/mol. The van der Waals surface area contributed by atoms with Crippen molar-refractivity contribution in [1.29, 1.82) is 0 Å². The second-order valence-electron chi connectivity index (χ2n) is 4.18. The van der Waals surface area contributed by atoms with E-state index in [4.69, 9.17) is 4.74 Å². The highest BCUT2D eigenvalue weighted by atomic mass is 79.9. The smallest absolute Gasteiger partial charge is 0.148 e. The zero-order chi connectivity index (χ0) is 14.5. The van der Waals surface area contributed by atoms with E-state index in [-0.39, 0.29) is 0 Å². The summed E-state index contributed by atoms with van der Waals surface area (Å²) in [5, 5.41) is 3.12. The summed E-state index contributed by atoms with van der Waals surface area (Å²) in [6.45, 7) is 1.24. The van der Waals surface area contributed by atoms with Gasteiger partial charge in [0.15, 0.2) is 0 Å². The summed E-state index contributed by atoms with van der Waals surface area (Å²) in [4.78, 5) is 4.29. The highest BCUT2D eigenvalue weighted by Gasteiger charge is 2.09. The summed E-state index contributed by atoms with van der Waals surface area (Å²) in [5.41, 5.74) is 2.06. The molecule has 0 spiro atoms. The van der Waals surface area contributed by atoms with Gasteiger partial charge < -0.3 is 10.1 Å². The first-order valence-electron chi connectivity index (χ1n) is 5.96. The van der Waals surface area contributed by atoms with E-state index in [1.54, 1.807) is 6.20 Å². The predicted octanol–water partition coefficient (Wildman–Crippen LogP) is 4.67. The van der Waals surface area contributed by atoms with Crippen LogP contribution in [0.15, 0.2) is 43.9 Å². The number of halogens is 3. The first kappa shape index (κ1) is 15.9. The highest BCUT2D eigenvalue weighted by molar-refractivity contribution is 9.11. The standard InChI is InChI=1S/C14H13Br3N2O/c1-18-6-9-4-12(16)14(13(17)5-9)20-8-11-3-2-10(15)7-19-11/h2-5,7,18H,6,8H2,1H3. The van der Waals surface area contributed by atoms with Crippen molar-refractivity contribution in [2.75, 3.05) is 7.05 Å². The van der Waals surface area contributed by atoms with Crippen molar-refractivity contribution in [3.8, 4) is 5.75 Å². The van der Waals surface area contributed by atoms with Gasteiger partial charge in [-0.1, -0.05) is 0 Å². The third-order valence-corrected chi connectivity index (χ3v) is 4.24. The molecular formula is C14H13Br3N2O. The molecule has 0 unspecified atom stereocenters. The minimum absolute atomic E-state index is 0.426. The van der Waals surface area contributed by atoms with Crippen LogP contribution in [0.5, 0.6) is 5.75 Å². The minimum atomic E-state index is 0.426. The lowest BCUT2D eigenvalue weighted by atomic mass is 10.2. The summed E-state index contributed by atoms with van der Waals surface area (Å²) in [5.74, 6) is 0.787. The van der Waals surface area contributed by atoms with Crippen molar-refractivity contribution >= 4 is 47.8 Å². The molecule has 6 heteroatoms. The number of nitrogens with zero attached hydrogens (tertiary/aromatic N) is 1. The molecule has 106 valence electrons. The number of rotatable bonds is 5. The monoisotopic (exact) mass is 462 g/mol. The Morgan fingerprint density at radius 3 is 2.40 bits per heavy atom. The van der Waals surface area contributed by atoms with Gasteiger partial charge in [0, 0.05) is 17.2 Å². The molecule has 0 aliphatic carbocycles. The summed E-state index contributed by atoms with van der Waals surface area (Å²) in [6.07, 6.45) is 1.76. The molecule has 0 saturated heterocycles. The molecule has 3 nitrogen and oxygen atoms in total. The van der Waals surface area contributed by atoms with Crippen LogP contribution in [0.3, 0.4) is 0 Å². The first-order chi connectivity index (χ1) is 9.60. The van der Waals surface area contributed by atoms with E-state index in [2.05, 4.69) is 58.1 Å². The molecule has 1 aromatic heterocycles. The van der Waals surface area contributed by atoms with E-state index in [0.29, 0.717) is 6.61 Å². The van der Waals surface area contributed by atoms with Gasteiger partial charge in [-0.05, 0) is 84.7 Å². The van der Waals surface area contributed by atoms with Crippen LogP contribution >= 0.6 is 47.8 Å². The van der Waals surface area contributed by atoms with Crippen molar-refractivity contribution in [2.24, 2.45) is 0 Å². The molecule has 0 bridgehead atoms. The molecule has 1 heterocycles. The quantitative estimate of drug-likeness (QED) is 0.698. The van der Waals surface area contributed by atoms with Crippen molar-refractivity contribution in [1.82, 2.24) is 10.3 Å². The molecule has 1 N–H and O–H groups in total. The van der Waals surface area contributed by atoms with Gasteiger partial charge in [-0.3, -0.25) is 4.98 Å². The zero-order valence-electron chi connectivity index (χ0n) is 10.8. The molecule has 2 aromatic rings. The van der Waals surface area contributed by atoms with Crippen LogP contribution in [-0.2, 0) is 13.2 Å². The van der Waals surface area contributed by atoms with Crippen molar-refractivity contribution in [2.45, 2.75) is 13.2 Å². The Bertz CT molecular complexity index is 564. The lowest BCUT2D eigenvalue weighted by molar-refractivity contribution is 0.297. The number of hydrogen-bond donors (Lipinski definition) is 1. The van der Waals surface area contributed by atoms with E-state index < -0.39 is 0 Å². The molecule has 20 heavy (non-hydrogen) atoms. The topological polar surface area (TPSA) is 34.1 Å². The molecule has 0 atom stereocenters. The van der Waals surface area contributed by atoms with E-state index in [1.807, 2.05) is 31.3 Å². The number of aromatic nitrogens is 1. The second-order valence-corrected chi connectivity index (χ2v) is 6.80. The first-order valence-corrected chi connectivity index (χ1v) is 8.34. The Hall–Kier alpha value is -0.430. The van der Waals surface area contributed by atoms with Crippen molar-refractivity contribution < 1.29 is 4.74 Å². The van der Waals surface area contributed by atoms with Crippen LogP contribution in [0.2, 0.25) is 0 Å². The van der Waals surface area contributed by atoms with Crippen molar-refractivity contribution in [3.05, 3.63) is 55.1 Å². The molecule has 0 aliphatic heterocycles. The van der Waals surface area contributed by atoms with Crippen LogP contribution in [0.1, 0.15) is 11.3 Å². The Balaban J connectivity index is 2.11. The molecule has 1 aromatic carbocycles. The maximum Gasteiger partial charge on any atom is 0.148 e. The number of pyridine rings is 1. The summed E-state index contributed by atoms with van der Waals surface area (Å²) in [7, 11) is 1.92. The molecule has 0 saturated carbocycles. The van der Waals surface area contributed by atoms with Crippen LogP contribution in [0.25, 0.3) is 0 Å². The van der Waals surface area contributed by atoms with Gasteiger partial charge in [-0.2, -0.15) is 0 Å². The summed E-state index contributed by atoms with van der Waals surface area (Å²) in [6, 6.07) is 7.98. The van der Waals surface area contributed by atoms with Crippen LogP contribution in [-0.4, -0.2) is 12.0 Å². The normalized spacial score (nSPS) is 10.6. The zero-order valence-corrected chi connectivity index (χ0v) is 15.5. The van der Waals surface area contributed by atoms with Crippen molar-refractivity contribution in [3.63, 3.8) is 0 Å². The van der Waals surface area contributed by atoms with Gasteiger partial charge in [-0.15, -0.1) is 0 Å². The Kier molecular flexibility index (Phi) is 6.01. The average Bonchev–Trinajstić information content (AvgIpc) is 2.40. The number of nitrogens with one attached hydrogen (secondary N) is 1. The number of benzene rings is 1. The minimum Gasteiger partial charge on any atom is -0.485 e. The SMILES string of the molecule is CNCc1cc(Br)c(OCc2ccc(Br)cn2)c(Br)c1. The third-order valence-electron chi connectivity index (χ3n) is 2.59. The van der Waals surface area contributed by atoms with E-state index in [9.17, 15) is 0 Å². The van der Waals surface area contributed by atoms with E-state index in [0.717, 1.165) is 31.4 Å². The van der Waals surface area contributed by atoms with Crippen LogP contribution in [0, 0.1) is 0 Å². The van der Waals surface area contributed by atoms with E-state index in [1.165, 1.54) is 5.56 Å². The van der Waals surface area contributed by atoms with Gasteiger partial charge in [0.1, 0.15) is 12.4 Å². The molecule has 0 fully saturated rings. The van der Waals surface area contributed by atoms with Gasteiger partial charge >= 0.3 is 0 Å². The fraction of sp³-hybridized carbons (Fsp3) is 0.214. The molecule has 0 amide bonds. The maximum atomic E-state index is 5.83. The Morgan fingerprint density at radius 2 is 1.85 bits per heavy atom. The molecular weight excluding hydrogens is 452 g/mol. The fourth-order valence-electron chi connectivity index (χ4n) is 1.69. The largest absolute Gasteiger partial charge is 0.485 e. The van der Waals surface area contributed by atoms with Crippen LogP contribution in [0.4, 0.5) is 0 Å². The molecule has 0 radical (unpaired) electrons. The lowest BCUT2D eigenvalue weighted by Crippen LogP contribution is -2.05. The number of hydrogen-bond acceptors (Lipinski definition) is 3. The van der Waals surface area contributed by atoms with Gasteiger partial charge in [0.05, 0.1) is 14.6 Å². The fourth-order valence-corrected chi connectivity index (χ4v) is 3.44. The lowest BCUT2D eigenvalue weighted by Gasteiger charge is -2.12. The van der Waals surface area contributed by atoms with Gasteiger partial charge in [0.25, 0.3) is 0 Å². The highest BCUT2D eigenvalue weighted by Crippen LogP contribution is 2.35. The Labute approximate surface area is 143 Å². The third kappa shape index (κ3) is 4.28. The van der Waals surface area contributed by atoms with E-state index >= 15 is 0 Å². The van der Waals surface area contributed by atoms with Crippen LogP contribution < -0.4 is 10.1 Å². The Morgan fingerprint density at radius 1 is 1.15 bits per heavy atom. The molecule has 2 rings (SSSR count). The number of ether oxygens (including phenoxy) is 1. The van der Waals surface area contributed by atoms with Gasteiger partial charge in [-0.25, -0.2) is 0 Å². The maximum absolute atomic E-state index is 5.83. The van der Waals surface area contributed by atoms with Gasteiger partial charge in [0.2, 0.25) is 0 Å². The summed E-state index contributed by atoms with van der Waals surface area (Å²) < 4.78 is 8.64. The second kappa shape index (κ2) is 7.54.